The molecule has 1 heterocycles. The molecule has 0 aliphatic carbocycles. The summed E-state index contributed by atoms with van der Waals surface area (Å²) < 4.78 is 10.5. The molecule has 1 aromatic carbocycles. The van der Waals surface area contributed by atoms with E-state index in [0.717, 1.165) is 16.5 Å². The summed E-state index contributed by atoms with van der Waals surface area (Å²) in [5.74, 6) is -1.58. The van der Waals surface area contributed by atoms with Crippen LogP contribution in [0.2, 0.25) is 0 Å². The number of fused-ring (bicyclic) bond motifs is 1. The first-order valence-electron chi connectivity index (χ1n) is 6.88. The van der Waals surface area contributed by atoms with E-state index >= 15 is 0 Å². The topological polar surface area (TPSA) is 88.8 Å². The van der Waals surface area contributed by atoms with Gasteiger partial charge in [-0.15, -0.1) is 0 Å². The fourth-order valence-corrected chi connectivity index (χ4v) is 2.46. The second-order valence-electron chi connectivity index (χ2n) is 5.28. The molecule has 0 bridgehead atoms. The van der Waals surface area contributed by atoms with Crippen molar-refractivity contribution in [1.82, 2.24) is 5.32 Å². The minimum Gasteiger partial charge on any atom is -0.480 e. The van der Waals surface area contributed by atoms with E-state index in [4.69, 9.17) is 14.3 Å². The normalized spacial score (nSPS) is 12.4. The number of hydrogen-bond acceptors (Lipinski definition) is 4. The predicted octanol–water partition coefficient (Wildman–Crippen LogP) is 2.19. The Bertz CT molecular complexity index is 732. The van der Waals surface area contributed by atoms with Crippen molar-refractivity contribution in [3.8, 4) is 0 Å². The minimum absolute atomic E-state index is 0.113. The molecule has 6 nitrogen and oxygen atoms in total. The molecule has 0 fully saturated rings. The summed E-state index contributed by atoms with van der Waals surface area (Å²) >= 11 is 0. The number of ether oxygens (including phenoxy) is 1. The third-order valence-electron chi connectivity index (χ3n) is 3.63. The third-order valence-corrected chi connectivity index (χ3v) is 3.63. The van der Waals surface area contributed by atoms with E-state index < -0.39 is 17.9 Å². The van der Waals surface area contributed by atoms with Gasteiger partial charge < -0.3 is 19.6 Å². The molecule has 6 heteroatoms. The number of carboxylic acid groups (broad SMARTS) is 1. The van der Waals surface area contributed by atoms with Crippen LogP contribution in [0.3, 0.4) is 0 Å². The lowest BCUT2D eigenvalue weighted by atomic mass is 10.0. The van der Waals surface area contributed by atoms with Crippen molar-refractivity contribution in [2.45, 2.75) is 26.8 Å². The number of carbonyl (C=O) groups excluding carboxylic acids is 1. The molecule has 2 aromatic rings. The minimum atomic E-state index is -1.16. The van der Waals surface area contributed by atoms with Gasteiger partial charge in [-0.1, -0.05) is 12.1 Å². The van der Waals surface area contributed by atoms with Crippen molar-refractivity contribution < 1.29 is 23.8 Å². The number of nitrogens with one attached hydrogen (secondary N) is 1. The highest BCUT2D eigenvalue weighted by molar-refractivity contribution is 6.01. The molecule has 22 heavy (non-hydrogen) atoms. The molecular weight excluding hydrogens is 286 g/mol. The largest absolute Gasteiger partial charge is 0.480 e. The third kappa shape index (κ3) is 2.82. The molecule has 1 aromatic heterocycles. The Morgan fingerprint density at radius 1 is 1.27 bits per heavy atom. The highest BCUT2D eigenvalue weighted by Crippen LogP contribution is 2.30. The zero-order chi connectivity index (χ0) is 16.4. The smallest absolute Gasteiger partial charge is 0.328 e. The number of amides is 1. The fourth-order valence-electron chi connectivity index (χ4n) is 2.46. The molecule has 0 spiro atoms. The predicted molar refractivity (Wildman–Crippen MR) is 81.2 cm³/mol. The Balaban J connectivity index is 2.40. The van der Waals surface area contributed by atoms with Gasteiger partial charge in [0.2, 0.25) is 0 Å². The molecule has 1 unspecified atom stereocenters. The highest BCUT2D eigenvalue weighted by atomic mass is 16.5. The second kappa shape index (κ2) is 6.19. The Kier molecular flexibility index (Phi) is 4.51. The summed E-state index contributed by atoms with van der Waals surface area (Å²) in [6, 6.07) is 2.77. The Morgan fingerprint density at radius 3 is 2.45 bits per heavy atom. The van der Waals surface area contributed by atoms with Crippen molar-refractivity contribution >= 4 is 22.8 Å². The maximum absolute atomic E-state index is 12.3. The van der Waals surface area contributed by atoms with E-state index in [9.17, 15) is 9.59 Å². The van der Waals surface area contributed by atoms with Crippen LogP contribution in [0.5, 0.6) is 0 Å². The molecule has 0 aliphatic heterocycles. The summed E-state index contributed by atoms with van der Waals surface area (Å²) in [6.45, 7) is 5.52. The lowest BCUT2D eigenvalue weighted by Gasteiger charge is -2.12. The number of rotatable bonds is 5. The van der Waals surface area contributed by atoms with Gasteiger partial charge in [0.05, 0.1) is 6.61 Å². The van der Waals surface area contributed by atoms with Crippen molar-refractivity contribution in [1.29, 1.82) is 0 Å². The van der Waals surface area contributed by atoms with E-state index in [-0.39, 0.29) is 12.4 Å². The SMILES string of the molecule is COCC(NC(=O)c1oc2c(C)ccc(C)c2c1C)C(=O)O. The standard InChI is InChI=1S/C16H19NO5/c1-8-5-6-9(2)13-12(8)10(3)14(22-13)15(18)17-11(7-21-4)16(19)20/h5-6,11H,7H2,1-4H3,(H,17,18)(H,19,20). The maximum Gasteiger partial charge on any atom is 0.328 e. The Morgan fingerprint density at radius 2 is 1.91 bits per heavy atom. The van der Waals surface area contributed by atoms with Crippen molar-refractivity contribution in [3.05, 3.63) is 34.6 Å². The van der Waals surface area contributed by atoms with Gasteiger partial charge >= 0.3 is 5.97 Å². The van der Waals surface area contributed by atoms with Crippen molar-refractivity contribution in [2.24, 2.45) is 0 Å². The van der Waals surface area contributed by atoms with Crippen molar-refractivity contribution in [2.75, 3.05) is 13.7 Å². The zero-order valence-electron chi connectivity index (χ0n) is 13.0. The number of aliphatic carboxylic acids is 1. The summed E-state index contributed by atoms with van der Waals surface area (Å²) in [5.41, 5.74) is 3.29. The van der Waals surface area contributed by atoms with Crippen LogP contribution < -0.4 is 5.32 Å². The number of methoxy groups -OCH3 is 1. The Hall–Kier alpha value is -2.34. The van der Waals surface area contributed by atoms with Crippen LogP contribution >= 0.6 is 0 Å². The van der Waals surface area contributed by atoms with E-state index in [1.165, 1.54) is 7.11 Å². The van der Waals surface area contributed by atoms with Crippen LogP contribution in [-0.4, -0.2) is 36.7 Å². The van der Waals surface area contributed by atoms with Crippen LogP contribution in [0.4, 0.5) is 0 Å². The highest BCUT2D eigenvalue weighted by Gasteiger charge is 2.25. The Labute approximate surface area is 128 Å². The van der Waals surface area contributed by atoms with Crippen LogP contribution in [0.15, 0.2) is 16.5 Å². The van der Waals surface area contributed by atoms with Crippen LogP contribution in [0.1, 0.15) is 27.2 Å². The lowest BCUT2D eigenvalue weighted by molar-refractivity contribution is -0.140. The van der Waals surface area contributed by atoms with Crippen LogP contribution in [0.25, 0.3) is 11.0 Å². The quantitative estimate of drug-likeness (QED) is 0.884. The van der Waals surface area contributed by atoms with Crippen molar-refractivity contribution in [3.63, 3.8) is 0 Å². The molecule has 1 amide bonds. The van der Waals surface area contributed by atoms with E-state index in [1.807, 2.05) is 26.0 Å². The molecule has 1 atom stereocenters. The van der Waals surface area contributed by atoms with Gasteiger partial charge in [0, 0.05) is 18.1 Å². The van der Waals surface area contributed by atoms with E-state index in [0.29, 0.717) is 11.1 Å². The van der Waals surface area contributed by atoms with Gasteiger partial charge in [-0.25, -0.2) is 4.79 Å². The number of aryl methyl sites for hydroxylation is 3. The average Bonchev–Trinajstić information content (AvgIpc) is 2.81. The van der Waals surface area contributed by atoms with E-state index in [1.54, 1.807) is 6.92 Å². The summed E-state index contributed by atoms with van der Waals surface area (Å²) in [4.78, 5) is 23.4. The first-order valence-corrected chi connectivity index (χ1v) is 6.88. The lowest BCUT2D eigenvalue weighted by Crippen LogP contribution is -2.43. The molecule has 0 saturated heterocycles. The molecule has 0 radical (unpaired) electrons. The molecule has 118 valence electrons. The number of carbonyl (C=O) groups is 2. The monoisotopic (exact) mass is 305 g/mol. The van der Waals surface area contributed by atoms with Gasteiger partial charge in [0.25, 0.3) is 5.91 Å². The number of carboxylic acids is 1. The first kappa shape index (κ1) is 16.0. The number of benzene rings is 1. The molecule has 2 N–H and O–H groups in total. The fraction of sp³-hybridized carbons (Fsp3) is 0.375. The van der Waals surface area contributed by atoms with E-state index in [2.05, 4.69) is 5.32 Å². The van der Waals surface area contributed by atoms with Crippen LogP contribution in [-0.2, 0) is 9.53 Å². The molecule has 0 aliphatic rings. The average molecular weight is 305 g/mol. The summed E-state index contributed by atoms with van der Waals surface area (Å²) in [6.07, 6.45) is 0. The number of furan rings is 1. The van der Waals surface area contributed by atoms with Crippen LogP contribution in [0, 0.1) is 20.8 Å². The van der Waals surface area contributed by atoms with Gasteiger partial charge in [-0.2, -0.15) is 0 Å². The molecule has 2 rings (SSSR count). The van der Waals surface area contributed by atoms with Gasteiger partial charge in [-0.05, 0) is 31.9 Å². The zero-order valence-corrected chi connectivity index (χ0v) is 13.0. The van der Waals surface area contributed by atoms with Gasteiger partial charge in [0.1, 0.15) is 5.58 Å². The molecule has 0 saturated carbocycles. The van der Waals surface area contributed by atoms with Gasteiger partial charge in [0.15, 0.2) is 11.8 Å². The summed E-state index contributed by atoms with van der Waals surface area (Å²) in [5, 5.41) is 12.4. The first-order chi connectivity index (χ1) is 10.4. The van der Waals surface area contributed by atoms with Gasteiger partial charge in [-0.3, -0.25) is 4.79 Å². The maximum atomic E-state index is 12.3. The molecular formula is C16H19NO5. The second-order valence-corrected chi connectivity index (χ2v) is 5.28. The summed E-state index contributed by atoms with van der Waals surface area (Å²) in [7, 11) is 1.38. The number of hydrogen-bond donors (Lipinski definition) is 2.